The number of nitrogens with zero attached hydrogens (tertiary/aromatic N) is 2. The van der Waals surface area contributed by atoms with Crippen LogP contribution in [0.1, 0.15) is 21.7 Å². The number of carbonyl (C=O) groups is 1. The zero-order chi connectivity index (χ0) is 18.5. The number of nitro benzene ring substituents is 1. The lowest BCUT2D eigenvalue weighted by Gasteiger charge is -2.02. The van der Waals surface area contributed by atoms with Crippen molar-refractivity contribution >= 4 is 17.8 Å². The minimum absolute atomic E-state index is 0.0142. The van der Waals surface area contributed by atoms with Crippen LogP contribution in [-0.4, -0.2) is 17.0 Å². The number of non-ortho nitro benzene ring substituents is 1. The van der Waals surface area contributed by atoms with Crippen LogP contribution in [-0.2, 0) is 0 Å². The number of aryl methyl sites for hydroxylation is 1. The Morgan fingerprint density at radius 2 is 1.96 bits per heavy atom. The number of hydrogen-bond acceptors (Lipinski definition) is 5. The monoisotopic (exact) mass is 349 g/mol. The van der Waals surface area contributed by atoms with Gasteiger partial charge in [0.2, 0.25) is 0 Å². The average molecular weight is 349 g/mol. The van der Waals surface area contributed by atoms with Gasteiger partial charge in [-0.2, -0.15) is 5.10 Å². The van der Waals surface area contributed by atoms with E-state index in [9.17, 15) is 14.9 Å². The molecule has 0 atom stereocenters. The number of benzene rings is 2. The summed E-state index contributed by atoms with van der Waals surface area (Å²) in [5.74, 6) is 0.571. The van der Waals surface area contributed by atoms with Crippen molar-refractivity contribution in [3.05, 3.63) is 87.7 Å². The van der Waals surface area contributed by atoms with Crippen LogP contribution in [0.25, 0.3) is 11.3 Å². The van der Waals surface area contributed by atoms with Crippen molar-refractivity contribution in [2.45, 2.75) is 6.92 Å². The molecule has 130 valence electrons. The molecule has 1 amide bonds. The van der Waals surface area contributed by atoms with Gasteiger partial charge in [0.15, 0.2) is 0 Å². The van der Waals surface area contributed by atoms with Crippen LogP contribution >= 0.6 is 0 Å². The van der Waals surface area contributed by atoms with Gasteiger partial charge in [-0.3, -0.25) is 14.9 Å². The second-order valence-corrected chi connectivity index (χ2v) is 5.52. The molecular formula is C19H15N3O4. The molecule has 0 unspecified atom stereocenters. The summed E-state index contributed by atoms with van der Waals surface area (Å²) >= 11 is 0. The molecule has 0 saturated heterocycles. The number of furan rings is 1. The average Bonchev–Trinajstić information content (AvgIpc) is 3.11. The van der Waals surface area contributed by atoms with Gasteiger partial charge < -0.3 is 4.42 Å². The molecule has 0 spiro atoms. The largest absolute Gasteiger partial charge is 0.455 e. The standard InChI is InChI=1S/C19H15N3O4/c1-13-5-2-3-8-17(13)19(23)21-20-12-16-9-10-18(26-16)14-6-4-7-15(11-14)22(24)25/h2-12H,1H3,(H,21,23)/b20-12-. The Morgan fingerprint density at radius 1 is 1.15 bits per heavy atom. The Hall–Kier alpha value is -3.74. The lowest BCUT2D eigenvalue weighted by Crippen LogP contribution is -2.18. The van der Waals surface area contributed by atoms with Gasteiger partial charge >= 0.3 is 0 Å². The lowest BCUT2D eigenvalue weighted by molar-refractivity contribution is -0.384. The van der Waals surface area contributed by atoms with Gasteiger partial charge in [-0.25, -0.2) is 5.43 Å². The van der Waals surface area contributed by atoms with Crippen molar-refractivity contribution < 1.29 is 14.1 Å². The molecule has 0 aliphatic rings. The molecule has 0 aliphatic carbocycles. The SMILES string of the molecule is Cc1ccccc1C(=O)N/N=C\c1ccc(-c2cccc([N+](=O)[O-])c2)o1. The van der Waals surface area contributed by atoms with Gasteiger partial charge in [0.1, 0.15) is 11.5 Å². The van der Waals surface area contributed by atoms with Gasteiger partial charge in [0.25, 0.3) is 11.6 Å². The van der Waals surface area contributed by atoms with E-state index < -0.39 is 4.92 Å². The summed E-state index contributed by atoms with van der Waals surface area (Å²) in [6.45, 7) is 1.84. The van der Waals surface area contributed by atoms with Crippen molar-refractivity contribution in [1.29, 1.82) is 0 Å². The first-order valence-electron chi connectivity index (χ1n) is 7.78. The fraction of sp³-hybridized carbons (Fsp3) is 0.0526. The van der Waals surface area contributed by atoms with E-state index in [4.69, 9.17) is 4.42 Å². The Balaban J connectivity index is 1.70. The quantitative estimate of drug-likeness (QED) is 0.429. The second-order valence-electron chi connectivity index (χ2n) is 5.52. The van der Waals surface area contributed by atoms with Gasteiger partial charge in [-0.15, -0.1) is 0 Å². The second kappa shape index (κ2) is 7.43. The predicted octanol–water partition coefficient (Wildman–Crippen LogP) is 3.93. The van der Waals surface area contributed by atoms with E-state index in [2.05, 4.69) is 10.5 Å². The summed E-state index contributed by atoms with van der Waals surface area (Å²) in [5.41, 5.74) is 4.41. The number of rotatable bonds is 5. The van der Waals surface area contributed by atoms with E-state index in [1.165, 1.54) is 18.3 Å². The number of carbonyl (C=O) groups excluding carboxylic acids is 1. The first-order valence-corrected chi connectivity index (χ1v) is 7.78. The number of amides is 1. The fourth-order valence-corrected chi connectivity index (χ4v) is 2.39. The summed E-state index contributed by atoms with van der Waals surface area (Å²) < 4.78 is 5.59. The van der Waals surface area contributed by atoms with Crippen LogP contribution in [0.2, 0.25) is 0 Å². The van der Waals surface area contributed by atoms with Crippen molar-refractivity contribution in [3.8, 4) is 11.3 Å². The molecule has 1 heterocycles. The summed E-state index contributed by atoms with van der Waals surface area (Å²) in [6.07, 6.45) is 1.37. The van der Waals surface area contributed by atoms with E-state index in [-0.39, 0.29) is 11.6 Å². The normalized spacial score (nSPS) is 10.8. The van der Waals surface area contributed by atoms with Gasteiger partial charge in [0, 0.05) is 23.3 Å². The molecule has 3 rings (SSSR count). The molecule has 26 heavy (non-hydrogen) atoms. The van der Waals surface area contributed by atoms with Crippen LogP contribution in [0, 0.1) is 17.0 Å². The fourth-order valence-electron chi connectivity index (χ4n) is 2.39. The number of hydrogen-bond donors (Lipinski definition) is 1. The summed E-state index contributed by atoms with van der Waals surface area (Å²) in [5, 5.41) is 14.7. The minimum Gasteiger partial charge on any atom is -0.455 e. The number of nitrogens with one attached hydrogen (secondary N) is 1. The van der Waals surface area contributed by atoms with Crippen LogP contribution in [0.15, 0.2) is 70.2 Å². The third-order valence-corrected chi connectivity index (χ3v) is 3.72. The topological polar surface area (TPSA) is 97.7 Å². The van der Waals surface area contributed by atoms with Crippen molar-refractivity contribution in [3.63, 3.8) is 0 Å². The molecule has 0 aliphatic heterocycles. The van der Waals surface area contributed by atoms with Gasteiger partial charge in [0.05, 0.1) is 11.1 Å². The summed E-state index contributed by atoms with van der Waals surface area (Å²) in [4.78, 5) is 22.5. The highest BCUT2D eigenvalue weighted by atomic mass is 16.6. The van der Waals surface area contributed by atoms with E-state index in [1.54, 1.807) is 36.4 Å². The third-order valence-electron chi connectivity index (χ3n) is 3.72. The van der Waals surface area contributed by atoms with Crippen LogP contribution in [0.4, 0.5) is 5.69 Å². The van der Waals surface area contributed by atoms with E-state index in [0.717, 1.165) is 5.56 Å². The maximum absolute atomic E-state index is 12.1. The Labute approximate surface area is 149 Å². The summed E-state index contributed by atoms with van der Waals surface area (Å²) in [7, 11) is 0. The maximum atomic E-state index is 12.1. The molecule has 1 N–H and O–H groups in total. The molecule has 0 radical (unpaired) electrons. The van der Waals surface area contributed by atoms with Crippen molar-refractivity contribution in [1.82, 2.24) is 5.43 Å². The van der Waals surface area contributed by atoms with Crippen molar-refractivity contribution in [2.24, 2.45) is 5.10 Å². The molecule has 0 saturated carbocycles. The molecule has 3 aromatic rings. The smallest absolute Gasteiger partial charge is 0.271 e. The summed E-state index contributed by atoms with van der Waals surface area (Å²) in [6, 6.07) is 16.7. The van der Waals surface area contributed by atoms with Gasteiger partial charge in [-0.05, 0) is 30.7 Å². The highest BCUT2D eigenvalue weighted by molar-refractivity contribution is 5.96. The highest BCUT2D eigenvalue weighted by Crippen LogP contribution is 2.25. The molecule has 7 nitrogen and oxygen atoms in total. The molecule has 1 aromatic heterocycles. The molecular weight excluding hydrogens is 334 g/mol. The lowest BCUT2D eigenvalue weighted by atomic mass is 10.1. The van der Waals surface area contributed by atoms with Crippen molar-refractivity contribution in [2.75, 3.05) is 0 Å². The highest BCUT2D eigenvalue weighted by Gasteiger charge is 2.10. The first-order chi connectivity index (χ1) is 12.5. The zero-order valence-electron chi connectivity index (χ0n) is 13.9. The molecule has 7 heteroatoms. The molecule has 0 fully saturated rings. The Bertz CT molecular complexity index is 992. The van der Waals surface area contributed by atoms with E-state index in [0.29, 0.717) is 22.6 Å². The molecule has 0 bridgehead atoms. The number of nitro groups is 1. The zero-order valence-corrected chi connectivity index (χ0v) is 13.9. The third kappa shape index (κ3) is 3.84. The maximum Gasteiger partial charge on any atom is 0.271 e. The van der Waals surface area contributed by atoms with E-state index in [1.807, 2.05) is 19.1 Å². The van der Waals surface area contributed by atoms with Crippen LogP contribution in [0.5, 0.6) is 0 Å². The van der Waals surface area contributed by atoms with Crippen LogP contribution in [0.3, 0.4) is 0 Å². The Kier molecular flexibility index (Phi) is 4.89. The minimum atomic E-state index is -0.462. The number of hydrazone groups is 1. The Morgan fingerprint density at radius 3 is 2.73 bits per heavy atom. The first kappa shape index (κ1) is 17.1. The predicted molar refractivity (Wildman–Crippen MR) is 97.0 cm³/mol. The van der Waals surface area contributed by atoms with Crippen LogP contribution < -0.4 is 5.43 Å². The van der Waals surface area contributed by atoms with Gasteiger partial charge in [-0.1, -0.05) is 30.3 Å². The van der Waals surface area contributed by atoms with E-state index >= 15 is 0 Å². The molecule has 2 aromatic carbocycles.